The van der Waals surface area contributed by atoms with Gasteiger partial charge in [-0.25, -0.2) is 0 Å². The third-order valence-electron chi connectivity index (χ3n) is 2.78. The van der Waals surface area contributed by atoms with E-state index in [1.165, 1.54) is 11.4 Å². The summed E-state index contributed by atoms with van der Waals surface area (Å²) in [5, 5.41) is 4.77. The Morgan fingerprint density at radius 2 is 2.20 bits per heavy atom. The minimum absolute atomic E-state index is 0.337. The van der Waals surface area contributed by atoms with Gasteiger partial charge in [0.25, 0.3) is 0 Å². The van der Waals surface area contributed by atoms with Crippen molar-refractivity contribution in [3.8, 4) is 0 Å². The summed E-state index contributed by atoms with van der Waals surface area (Å²) in [6.45, 7) is 4.27. The molecule has 0 aromatic carbocycles. The van der Waals surface area contributed by atoms with Crippen molar-refractivity contribution in [3.63, 3.8) is 0 Å². The summed E-state index contributed by atoms with van der Waals surface area (Å²) in [4.78, 5) is 0. The van der Waals surface area contributed by atoms with Crippen LogP contribution in [0, 0.1) is 0 Å². The Balaban J connectivity index is 2.40. The highest BCUT2D eigenvalue weighted by Crippen LogP contribution is 2.13. The van der Waals surface area contributed by atoms with Gasteiger partial charge in [-0.05, 0) is 38.2 Å². The summed E-state index contributed by atoms with van der Waals surface area (Å²) in [5.41, 5.74) is 2.51. The molecular formula is C12H21ClN2. The van der Waals surface area contributed by atoms with E-state index >= 15 is 0 Å². The fourth-order valence-corrected chi connectivity index (χ4v) is 1.84. The van der Waals surface area contributed by atoms with E-state index in [1.54, 1.807) is 0 Å². The Labute approximate surface area is 97.6 Å². The second-order valence-corrected chi connectivity index (χ2v) is 4.62. The fraction of sp³-hybridized carbons (Fsp3) is 0.750. The average molecular weight is 229 g/mol. The van der Waals surface area contributed by atoms with Gasteiger partial charge in [0.1, 0.15) is 0 Å². The largest absolute Gasteiger partial charge is 0.272 e. The Kier molecular flexibility index (Phi) is 5.16. The molecular weight excluding hydrogens is 208 g/mol. The first kappa shape index (κ1) is 12.6. The highest BCUT2D eigenvalue weighted by atomic mass is 35.5. The van der Waals surface area contributed by atoms with Gasteiger partial charge < -0.3 is 0 Å². The van der Waals surface area contributed by atoms with E-state index in [-0.39, 0.29) is 0 Å². The molecule has 1 heterocycles. The standard InChI is InChI=1S/C12H21ClN2/c1-4-10(13)7-6-8-12-9-11(5-2)14-15(12)3/h9-10H,4-8H2,1-3H3. The first-order valence-corrected chi connectivity index (χ1v) is 6.26. The van der Waals surface area contributed by atoms with Crippen LogP contribution in [0.15, 0.2) is 6.07 Å². The van der Waals surface area contributed by atoms with Gasteiger partial charge in [0.2, 0.25) is 0 Å². The highest BCUT2D eigenvalue weighted by Gasteiger charge is 2.05. The lowest BCUT2D eigenvalue weighted by Crippen LogP contribution is -2.01. The van der Waals surface area contributed by atoms with Crippen LogP contribution in [-0.4, -0.2) is 15.2 Å². The van der Waals surface area contributed by atoms with Crippen molar-refractivity contribution in [1.29, 1.82) is 0 Å². The molecule has 1 aromatic rings. The molecule has 3 heteroatoms. The molecule has 86 valence electrons. The molecule has 0 saturated heterocycles. The van der Waals surface area contributed by atoms with E-state index < -0.39 is 0 Å². The minimum atomic E-state index is 0.337. The summed E-state index contributed by atoms with van der Waals surface area (Å²) in [6, 6.07) is 2.20. The Hall–Kier alpha value is -0.500. The third kappa shape index (κ3) is 3.86. The lowest BCUT2D eigenvalue weighted by molar-refractivity contribution is 0.632. The second kappa shape index (κ2) is 6.16. The molecule has 0 aliphatic rings. The van der Waals surface area contributed by atoms with E-state index in [2.05, 4.69) is 25.0 Å². The maximum Gasteiger partial charge on any atom is 0.0624 e. The smallest absolute Gasteiger partial charge is 0.0624 e. The van der Waals surface area contributed by atoms with Crippen LogP contribution in [0.25, 0.3) is 0 Å². The summed E-state index contributed by atoms with van der Waals surface area (Å²) < 4.78 is 1.99. The van der Waals surface area contributed by atoms with Gasteiger partial charge in [0, 0.05) is 18.1 Å². The third-order valence-corrected chi connectivity index (χ3v) is 3.31. The molecule has 2 nitrogen and oxygen atoms in total. The molecule has 0 N–H and O–H groups in total. The zero-order valence-electron chi connectivity index (χ0n) is 9.96. The van der Waals surface area contributed by atoms with Crippen LogP contribution in [0.4, 0.5) is 0 Å². The number of halogens is 1. The van der Waals surface area contributed by atoms with Crippen molar-refractivity contribution >= 4 is 11.6 Å². The van der Waals surface area contributed by atoms with E-state index in [4.69, 9.17) is 11.6 Å². The number of hydrogen-bond acceptors (Lipinski definition) is 1. The normalized spacial score (nSPS) is 13.1. The molecule has 0 aliphatic carbocycles. The van der Waals surface area contributed by atoms with Gasteiger partial charge in [0.05, 0.1) is 5.69 Å². The van der Waals surface area contributed by atoms with E-state index in [1.807, 2.05) is 11.7 Å². The summed E-state index contributed by atoms with van der Waals surface area (Å²) >= 11 is 6.08. The van der Waals surface area contributed by atoms with E-state index in [9.17, 15) is 0 Å². The lowest BCUT2D eigenvalue weighted by Gasteiger charge is -2.05. The van der Waals surface area contributed by atoms with Crippen LogP contribution in [0.2, 0.25) is 0 Å². The molecule has 1 unspecified atom stereocenters. The number of hydrogen-bond donors (Lipinski definition) is 0. The van der Waals surface area contributed by atoms with Gasteiger partial charge >= 0.3 is 0 Å². The zero-order valence-corrected chi connectivity index (χ0v) is 10.7. The van der Waals surface area contributed by atoms with Crippen LogP contribution in [0.3, 0.4) is 0 Å². The molecule has 0 radical (unpaired) electrons. The SMILES string of the molecule is CCc1cc(CCCC(Cl)CC)n(C)n1. The summed E-state index contributed by atoms with van der Waals surface area (Å²) in [7, 11) is 2.02. The van der Waals surface area contributed by atoms with Crippen LogP contribution < -0.4 is 0 Å². The highest BCUT2D eigenvalue weighted by molar-refractivity contribution is 6.20. The minimum Gasteiger partial charge on any atom is -0.272 e. The Morgan fingerprint density at radius 3 is 2.73 bits per heavy atom. The average Bonchev–Trinajstić information content (AvgIpc) is 2.59. The Bertz CT molecular complexity index is 294. The predicted octanol–water partition coefficient (Wildman–Crippen LogP) is 3.32. The molecule has 0 spiro atoms. The van der Waals surface area contributed by atoms with E-state index in [0.29, 0.717) is 5.38 Å². The molecule has 15 heavy (non-hydrogen) atoms. The van der Waals surface area contributed by atoms with Gasteiger partial charge in [-0.15, -0.1) is 11.6 Å². The lowest BCUT2D eigenvalue weighted by atomic mass is 10.1. The topological polar surface area (TPSA) is 17.8 Å². The zero-order chi connectivity index (χ0) is 11.3. The molecule has 0 bridgehead atoms. The van der Waals surface area contributed by atoms with Crippen molar-refractivity contribution < 1.29 is 0 Å². The first-order chi connectivity index (χ1) is 7.17. The number of nitrogens with zero attached hydrogens (tertiary/aromatic N) is 2. The van der Waals surface area contributed by atoms with Crippen LogP contribution in [0.1, 0.15) is 44.5 Å². The monoisotopic (exact) mass is 228 g/mol. The van der Waals surface area contributed by atoms with Crippen molar-refractivity contribution in [2.24, 2.45) is 7.05 Å². The van der Waals surface area contributed by atoms with Crippen LogP contribution in [0.5, 0.6) is 0 Å². The molecule has 0 fully saturated rings. The molecule has 0 saturated carbocycles. The summed E-state index contributed by atoms with van der Waals surface area (Å²) in [6.07, 6.45) is 5.43. The number of aryl methyl sites for hydroxylation is 3. The Morgan fingerprint density at radius 1 is 1.47 bits per heavy atom. The molecule has 0 amide bonds. The van der Waals surface area contributed by atoms with Crippen molar-refractivity contribution in [1.82, 2.24) is 9.78 Å². The molecule has 1 atom stereocenters. The van der Waals surface area contributed by atoms with Crippen molar-refractivity contribution in [2.75, 3.05) is 0 Å². The molecule has 1 rings (SSSR count). The second-order valence-electron chi connectivity index (χ2n) is 4.00. The van der Waals surface area contributed by atoms with Gasteiger partial charge in [-0.1, -0.05) is 13.8 Å². The predicted molar refractivity (Wildman–Crippen MR) is 65.5 cm³/mol. The maximum absolute atomic E-state index is 6.08. The summed E-state index contributed by atoms with van der Waals surface area (Å²) in [5.74, 6) is 0. The first-order valence-electron chi connectivity index (χ1n) is 5.83. The van der Waals surface area contributed by atoms with Crippen LogP contribution >= 0.6 is 11.6 Å². The number of rotatable bonds is 6. The van der Waals surface area contributed by atoms with E-state index in [0.717, 1.165) is 32.1 Å². The van der Waals surface area contributed by atoms with Gasteiger partial charge in [-0.3, -0.25) is 4.68 Å². The van der Waals surface area contributed by atoms with Gasteiger partial charge in [-0.2, -0.15) is 5.10 Å². The van der Waals surface area contributed by atoms with Crippen molar-refractivity contribution in [3.05, 3.63) is 17.5 Å². The molecule has 0 aliphatic heterocycles. The van der Waals surface area contributed by atoms with Crippen molar-refractivity contribution in [2.45, 2.75) is 51.3 Å². The quantitative estimate of drug-likeness (QED) is 0.683. The van der Waals surface area contributed by atoms with Gasteiger partial charge in [0.15, 0.2) is 0 Å². The maximum atomic E-state index is 6.08. The number of aromatic nitrogens is 2. The fourth-order valence-electron chi connectivity index (χ4n) is 1.69. The van der Waals surface area contributed by atoms with Crippen LogP contribution in [-0.2, 0) is 19.9 Å². The number of alkyl halides is 1. The molecule has 1 aromatic heterocycles.